The Morgan fingerprint density at radius 3 is 0.884 bits per heavy atom. The third-order valence-corrected chi connectivity index (χ3v) is 13.7. The quantitative estimate of drug-likeness (QED) is 0.00306. The Balaban J connectivity index is -0.000000117. The number of aliphatic hydroxyl groups is 2. The molecule has 6 atom stereocenters. The average Bonchev–Trinajstić information content (AvgIpc) is 0.904. The van der Waals surface area contributed by atoms with Crippen LogP contribution in [0.25, 0.3) is 31.3 Å². The zero-order valence-electron chi connectivity index (χ0n) is 59.4. The monoisotopic (exact) mass is 1610 g/mol. The van der Waals surface area contributed by atoms with Crippen LogP contribution in [0, 0.1) is 23.7 Å². The van der Waals surface area contributed by atoms with Gasteiger partial charge in [0.1, 0.15) is 12.1 Å². The number of carboxylic acid groups (broad SMARTS) is 2. The molecule has 0 spiro atoms. The molecule has 112 heavy (non-hydrogen) atoms. The molecule has 38 heteroatoms. The van der Waals surface area contributed by atoms with E-state index < -0.39 is 47.8 Å². The summed E-state index contributed by atoms with van der Waals surface area (Å²) in [6, 6.07) is 19.9. The fourth-order valence-corrected chi connectivity index (χ4v) is 7.89. The third kappa shape index (κ3) is 57.8. The van der Waals surface area contributed by atoms with Crippen LogP contribution in [0.1, 0.15) is 168 Å². The van der Waals surface area contributed by atoms with Crippen LogP contribution in [0.3, 0.4) is 0 Å². The molecule has 6 aromatic heterocycles. The molecule has 0 saturated carbocycles. The Morgan fingerprint density at radius 1 is 0.438 bits per heavy atom. The predicted octanol–water partition coefficient (Wildman–Crippen LogP) is 10.8. The maximum Gasteiger partial charge on any atom is 1.00 e. The van der Waals surface area contributed by atoms with Crippen LogP contribution in [0.2, 0.25) is 0 Å². The number of rotatable bonds is 28. The van der Waals surface area contributed by atoms with E-state index in [1.165, 1.54) is 42.3 Å². The van der Waals surface area contributed by atoms with Gasteiger partial charge in [0, 0.05) is 144 Å². The zero-order chi connectivity index (χ0) is 77.0. The van der Waals surface area contributed by atoms with E-state index in [1.807, 2.05) is 37.3 Å². The third-order valence-electron chi connectivity index (χ3n) is 13.1. The molecule has 0 bridgehead atoms. The summed E-state index contributed by atoms with van der Waals surface area (Å²) >= 11 is 11.1. The number of hydrogen-bond acceptors (Lipinski definition) is 27. The van der Waals surface area contributed by atoms with Crippen LogP contribution in [0.5, 0.6) is 0 Å². The number of carbonyl (C=O) groups is 8. The number of nitrogens with one attached hydrogen (secondary N) is 1. The summed E-state index contributed by atoms with van der Waals surface area (Å²) in [5.41, 5.74) is 39.2. The predicted molar refractivity (Wildman–Crippen MR) is 427 cm³/mol. The number of hydrogen-bond donors (Lipinski definition) is 6. The number of ether oxygens (including phenoxy) is 5. The van der Waals surface area contributed by atoms with Gasteiger partial charge in [0.25, 0.3) is 0 Å². The Bertz CT molecular complexity index is 3500. The number of pyridine rings is 6. The van der Waals surface area contributed by atoms with Crippen LogP contribution in [-0.2, 0) is 139 Å². The van der Waals surface area contributed by atoms with Gasteiger partial charge in [0.2, 0.25) is 0 Å². The van der Waals surface area contributed by atoms with Gasteiger partial charge < -0.3 is 55.3 Å². The molecule has 0 aliphatic rings. The van der Waals surface area contributed by atoms with Crippen molar-refractivity contribution in [3.05, 3.63) is 209 Å². The second-order valence-electron chi connectivity index (χ2n) is 21.5. The van der Waals surface area contributed by atoms with Crippen molar-refractivity contribution in [2.24, 2.45) is 44.7 Å². The van der Waals surface area contributed by atoms with Gasteiger partial charge in [-0.15, -0.1) is 11.6 Å². The first-order chi connectivity index (χ1) is 48.6. The molecule has 6 aromatic rings. The molecular weight excluding hydrogens is 1490 g/mol. The number of azide groups is 3. The number of aliphatic hydroxyl groups excluding tert-OH is 2. The van der Waals surface area contributed by atoms with E-state index in [0.717, 1.165) is 56.2 Å². The van der Waals surface area contributed by atoms with Crippen molar-refractivity contribution < 1.29 is 107 Å². The number of methoxy groups -OCH3 is 4. The van der Waals surface area contributed by atoms with Crippen LogP contribution in [0.4, 0.5) is 0 Å². The van der Waals surface area contributed by atoms with E-state index in [9.17, 15) is 38.4 Å². The summed E-state index contributed by atoms with van der Waals surface area (Å²) in [5.74, 6) is -4.70. The Hall–Kier alpha value is -10.2. The zero-order valence-corrected chi connectivity index (χ0v) is 60.9. The van der Waals surface area contributed by atoms with Gasteiger partial charge >= 0.3 is 66.6 Å². The minimum atomic E-state index is -1.06. The van der Waals surface area contributed by atoms with Gasteiger partial charge in [0.15, 0.2) is 0 Å². The number of nitrogens with two attached hydrogens (primary N) is 1. The Labute approximate surface area is 681 Å². The second kappa shape index (κ2) is 74.8. The van der Waals surface area contributed by atoms with Gasteiger partial charge in [-0.05, 0) is 98.1 Å². The SMILES string of the molecule is C.C.C.C.C.C.C.C.CC(=O)OC(C)=O.COC(=O)[C@@H](C)Cc1ccc(CCl)cn1.COC(=O)[C@@H](C)Cc1ccc(CN=[N+]=[N-])cn1.COC(=O)[C@@H](C)Cc1ccc(CO)cn1.COC(=O)[C@H](Cc1ccc(CO)cn1)NCl.C[C@@H](Cc1ccc(CN=[N+]=[N-])cn1)C(=O)O.[Li+].[N-]=[N+]=NCc1ccc(C[C@H](N)C(=O)O)nc1.[OH-]. The smallest absolute Gasteiger partial charge is 0.870 e. The van der Waals surface area contributed by atoms with Crippen molar-refractivity contribution in [3.8, 4) is 0 Å². The summed E-state index contributed by atoms with van der Waals surface area (Å²) in [5, 5.41) is 45.2. The molecule has 0 unspecified atom stereocenters. The molecule has 0 saturated heterocycles. The fraction of sp³-hybridized carbons (Fsp3) is 0.486. The van der Waals surface area contributed by atoms with E-state index in [2.05, 4.69) is 88.5 Å². The van der Waals surface area contributed by atoms with Crippen molar-refractivity contribution >= 4 is 71.1 Å². The summed E-state index contributed by atoms with van der Waals surface area (Å²) in [6.45, 7) is 10.1. The molecular formula is C74H118Cl2LiN17O18. The van der Waals surface area contributed by atoms with E-state index in [1.54, 1.807) is 100 Å². The van der Waals surface area contributed by atoms with Crippen LogP contribution < -0.4 is 29.4 Å². The number of aliphatic carboxylic acids is 2. The number of esters is 6. The van der Waals surface area contributed by atoms with Crippen LogP contribution in [0.15, 0.2) is 125 Å². The maximum atomic E-state index is 11.2. The summed E-state index contributed by atoms with van der Waals surface area (Å²) in [6.07, 6.45) is 12.3. The van der Waals surface area contributed by atoms with Crippen molar-refractivity contribution in [3.63, 3.8) is 0 Å². The first-order valence-corrected chi connectivity index (χ1v) is 31.5. The summed E-state index contributed by atoms with van der Waals surface area (Å²) in [4.78, 5) is 121. The van der Waals surface area contributed by atoms with Gasteiger partial charge in [-0.2, -0.15) is 0 Å². The van der Waals surface area contributed by atoms with Crippen molar-refractivity contribution in [1.82, 2.24) is 34.7 Å². The largest absolute Gasteiger partial charge is 1.00 e. The van der Waals surface area contributed by atoms with Gasteiger partial charge in [-0.25, -0.2) is 4.84 Å². The molecule has 6 rings (SSSR count). The molecule has 0 fully saturated rings. The topological polar surface area (TPSA) is 555 Å². The summed E-state index contributed by atoms with van der Waals surface area (Å²) in [7, 11) is 5.44. The number of halogens is 2. The van der Waals surface area contributed by atoms with E-state index in [0.29, 0.717) is 49.4 Å². The van der Waals surface area contributed by atoms with E-state index >= 15 is 0 Å². The Kier molecular flexibility index (Phi) is 83.8. The second-order valence-corrected chi connectivity index (χ2v) is 22.0. The van der Waals surface area contributed by atoms with Crippen LogP contribution >= 0.6 is 23.4 Å². The fourth-order valence-electron chi connectivity index (χ4n) is 7.57. The molecule has 35 nitrogen and oxygen atoms in total. The molecule has 0 radical (unpaired) electrons. The number of nitrogens with zero attached hydrogens (tertiary/aromatic N) is 15. The molecule has 6 heterocycles. The molecule has 0 amide bonds. The minimum Gasteiger partial charge on any atom is -0.870 e. The van der Waals surface area contributed by atoms with E-state index in [4.69, 9.17) is 66.1 Å². The van der Waals surface area contributed by atoms with Gasteiger partial charge in [-0.3, -0.25) is 68.3 Å². The standard InChI is InChI=1S/C11H14ClNO2.C11H14N4O2.C11H15NO3.C10H13ClN2O3.C10H12N4O2.C9H11N5O2.C4H6O3.8CH4.Li.H2O/c1-8(11(14)15-2)5-10-4-3-9(6-12)7-13-10;1-8(11(16)17-2)5-10-4-3-9(6-13-10)7-14-15-12;1-8(11(14)15-2)5-10-4-3-9(7-13)6-12-10;1-16-10(15)9(13-11)4-8-3-2-7(6-14)5-12-8;1-7(10(15)16)4-9-3-2-8(5-12-9)6-13-14-11;10-8(9(15)16)3-7-2-1-6(4-12-7)5-13-14-11;1-3(5)7-4(2)6;;;;;;;;;;/h3-4,7-8H,5-6H2,1-2H3;3-4,6,8H,5,7H2,1-2H3;3-4,6,8,13H,5,7H2,1-2H3;2-3,5,9,13-14H,4,6H2,1H3;2-3,5,7H,4,6H2,1H3,(H,15,16);1-2,4,8H,3,5,10H2,(H,15,16);1-2H3;8*1H4;;1H2/q;;;;;;;;;;;;;;;+1;/p-1/t3*8-;9-;7-;8-;;;;;;;;;;;/m000000.........../s1. The molecule has 0 aromatic carbocycles. The van der Waals surface area contributed by atoms with Gasteiger partial charge in [0.05, 0.1) is 85.0 Å². The maximum absolute atomic E-state index is 11.2. The molecule has 8 N–H and O–H groups in total. The number of carbonyl (C=O) groups excluding carboxylic acids is 6. The first-order valence-electron chi connectivity index (χ1n) is 30.6. The summed E-state index contributed by atoms with van der Waals surface area (Å²) < 4.78 is 22.4. The molecule has 622 valence electrons. The van der Waals surface area contributed by atoms with Crippen LogP contribution in [-0.4, -0.2) is 144 Å². The Morgan fingerprint density at radius 2 is 0.688 bits per heavy atom. The van der Waals surface area contributed by atoms with Gasteiger partial charge in [-0.1, -0.05) is 139 Å². The minimum absolute atomic E-state index is 0. The first kappa shape index (κ1) is 125. The number of alkyl halides is 1. The molecule has 0 aliphatic heterocycles. The van der Waals surface area contributed by atoms with Crippen molar-refractivity contribution in [2.75, 3.05) is 28.4 Å². The number of aromatic nitrogens is 6. The van der Waals surface area contributed by atoms with Crippen molar-refractivity contribution in [1.29, 1.82) is 0 Å². The average molecular weight is 1610 g/mol. The normalized spacial score (nSPS) is 10.5. The molecule has 0 aliphatic carbocycles. The number of carboxylic acids is 2. The van der Waals surface area contributed by atoms with E-state index in [-0.39, 0.29) is 159 Å². The van der Waals surface area contributed by atoms with Crippen molar-refractivity contribution in [2.45, 2.75) is 190 Å².